The van der Waals surface area contributed by atoms with Gasteiger partial charge in [-0.25, -0.2) is 0 Å². The summed E-state index contributed by atoms with van der Waals surface area (Å²) in [7, 11) is -4.67. The van der Waals surface area contributed by atoms with Gasteiger partial charge in [-0.2, -0.15) is 8.42 Å². The number of rotatable bonds is 0. The van der Waals surface area contributed by atoms with E-state index in [1.807, 2.05) is 0 Å². The zero-order chi connectivity index (χ0) is 18.4. The van der Waals surface area contributed by atoms with Crippen LogP contribution in [0.2, 0.25) is 0 Å². The van der Waals surface area contributed by atoms with Crippen molar-refractivity contribution in [1.29, 1.82) is 0 Å². The van der Waals surface area contributed by atoms with E-state index >= 15 is 0 Å². The summed E-state index contributed by atoms with van der Waals surface area (Å²) in [5.41, 5.74) is 17.3. The summed E-state index contributed by atoms with van der Waals surface area (Å²) < 4.78 is 31.6. The molecular formula is C18H24N2O4S. The minimum absolute atomic E-state index is 0.302. The minimum atomic E-state index is -4.67. The summed E-state index contributed by atoms with van der Waals surface area (Å²) in [5.74, 6) is 0. The van der Waals surface area contributed by atoms with E-state index < -0.39 is 10.4 Å². The van der Waals surface area contributed by atoms with Crippen LogP contribution in [0.1, 0.15) is 47.2 Å². The summed E-state index contributed by atoms with van der Waals surface area (Å²) in [5, 5.41) is 0. The Hall–Kier alpha value is -1.77. The molecule has 2 unspecified atom stereocenters. The van der Waals surface area contributed by atoms with Crippen molar-refractivity contribution in [2.24, 2.45) is 11.5 Å². The second-order valence-corrected chi connectivity index (χ2v) is 7.03. The maximum absolute atomic E-state index is 8.74. The number of hydrogen-bond donors (Lipinski definition) is 4. The van der Waals surface area contributed by atoms with E-state index in [9.17, 15) is 0 Å². The zero-order valence-corrected chi connectivity index (χ0v) is 14.7. The lowest BCUT2D eigenvalue weighted by Crippen LogP contribution is -2.04. The normalized spacial score (nSPS) is 20.5. The lowest BCUT2D eigenvalue weighted by atomic mass is 10.1. The van der Waals surface area contributed by atoms with Crippen LogP contribution in [0.15, 0.2) is 48.5 Å². The van der Waals surface area contributed by atoms with E-state index in [0.717, 1.165) is 25.7 Å². The third-order valence-electron chi connectivity index (χ3n) is 4.36. The van der Waals surface area contributed by atoms with E-state index in [0.29, 0.717) is 12.1 Å². The fourth-order valence-electron chi connectivity index (χ4n) is 3.18. The molecule has 0 aromatic heterocycles. The molecule has 0 saturated heterocycles. The third kappa shape index (κ3) is 6.22. The molecule has 0 radical (unpaired) electrons. The molecule has 2 aliphatic rings. The van der Waals surface area contributed by atoms with Gasteiger partial charge in [0.05, 0.1) is 0 Å². The van der Waals surface area contributed by atoms with Crippen molar-refractivity contribution in [3.63, 3.8) is 0 Å². The fraction of sp³-hybridized carbons (Fsp3) is 0.333. The zero-order valence-electron chi connectivity index (χ0n) is 13.9. The molecule has 2 aliphatic carbocycles. The highest BCUT2D eigenvalue weighted by Crippen LogP contribution is 2.28. The van der Waals surface area contributed by atoms with Crippen molar-refractivity contribution in [3.8, 4) is 0 Å². The highest BCUT2D eigenvalue weighted by molar-refractivity contribution is 7.79. The average molecular weight is 364 g/mol. The molecule has 136 valence electrons. The monoisotopic (exact) mass is 364 g/mol. The first-order valence-corrected chi connectivity index (χ1v) is 9.52. The van der Waals surface area contributed by atoms with E-state index in [1.165, 1.54) is 22.3 Å². The standard InChI is InChI=1S/2C9H11N.H2O4S/c2*10-9-6-5-7-3-1-2-4-8(7)9;1-5(2,3)4/h2*1-4,9H,5-6,10H2;(H2,1,2,3,4). The van der Waals surface area contributed by atoms with Gasteiger partial charge in [0.1, 0.15) is 0 Å². The highest BCUT2D eigenvalue weighted by Gasteiger charge is 2.17. The number of hydrogen-bond acceptors (Lipinski definition) is 4. The van der Waals surface area contributed by atoms with Crippen LogP contribution in [0, 0.1) is 0 Å². The quantitative estimate of drug-likeness (QED) is 0.532. The van der Waals surface area contributed by atoms with Crippen molar-refractivity contribution in [2.45, 2.75) is 37.8 Å². The molecule has 0 fully saturated rings. The van der Waals surface area contributed by atoms with Crippen LogP contribution < -0.4 is 11.5 Å². The summed E-state index contributed by atoms with van der Waals surface area (Å²) in [4.78, 5) is 0. The van der Waals surface area contributed by atoms with Crippen molar-refractivity contribution in [3.05, 3.63) is 70.8 Å². The first-order chi connectivity index (χ1) is 11.8. The molecule has 2 aromatic carbocycles. The predicted molar refractivity (Wildman–Crippen MR) is 97.6 cm³/mol. The third-order valence-corrected chi connectivity index (χ3v) is 4.36. The van der Waals surface area contributed by atoms with Gasteiger partial charge in [-0.05, 0) is 47.9 Å². The second-order valence-electron chi connectivity index (χ2n) is 6.14. The van der Waals surface area contributed by atoms with Crippen LogP contribution in [-0.2, 0) is 23.2 Å². The Bertz CT molecular complexity index is 747. The topological polar surface area (TPSA) is 127 Å². The smallest absolute Gasteiger partial charge is 0.324 e. The van der Waals surface area contributed by atoms with E-state index in [-0.39, 0.29) is 0 Å². The van der Waals surface area contributed by atoms with Crippen molar-refractivity contribution in [2.75, 3.05) is 0 Å². The molecule has 6 nitrogen and oxygen atoms in total. The summed E-state index contributed by atoms with van der Waals surface area (Å²) in [6.07, 6.45) is 4.58. The number of nitrogens with two attached hydrogens (primary N) is 2. The first-order valence-electron chi connectivity index (χ1n) is 8.12. The molecule has 0 spiro atoms. The van der Waals surface area contributed by atoms with Gasteiger partial charge in [-0.15, -0.1) is 0 Å². The molecule has 0 bridgehead atoms. The molecule has 2 atom stereocenters. The number of benzene rings is 2. The molecule has 4 rings (SSSR count). The largest absolute Gasteiger partial charge is 0.394 e. The maximum atomic E-state index is 8.74. The van der Waals surface area contributed by atoms with Gasteiger partial charge in [-0.1, -0.05) is 48.5 Å². The van der Waals surface area contributed by atoms with Gasteiger partial charge in [-0.3, -0.25) is 9.11 Å². The van der Waals surface area contributed by atoms with Gasteiger partial charge < -0.3 is 11.5 Å². The Morgan fingerprint density at radius 3 is 1.40 bits per heavy atom. The summed E-state index contributed by atoms with van der Waals surface area (Å²) >= 11 is 0. The lowest BCUT2D eigenvalue weighted by Gasteiger charge is -2.01. The van der Waals surface area contributed by atoms with E-state index in [4.69, 9.17) is 29.0 Å². The number of aryl methyl sites for hydroxylation is 2. The molecule has 0 heterocycles. The molecular weight excluding hydrogens is 340 g/mol. The average Bonchev–Trinajstić information content (AvgIpc) is 3.11. The predicted octanol–water partition coefficient (Wildman–Crippen LogP) is 2.61. The molecule has 7 heteroatoms. The Balaban J connectivity index is 0.000000144. The molecule has 25 heavy (non-hydrogen) atoms. The minimum Gasteiger partial charge on any atom is -0.324 e. The van der Waals surface area contributed by atoms with Crippen molar-refractivity contribution in [1.82, 2.24) is 0 Å². The van der Waals surface area contributed by atoms with E-state index in [1.54, 1.807) is 0 Å². The lowest BCUT2D eigenvalue weighted by molar-refractivity contribution is 0.381. The van der Waals surface area contributed by atoms with Crippen LogP contribution in [0.25, 0.3) is 0 Å². The molecule has 2 aromatic rings. The van der Waals surface area contributed by atoms with Gasteiger partial charge in [0.25, 0.3) is 0 Å². The Morgan fingerprint density at radius 1 is 0.760 bits per heavy atom. The van der Waals surface area contributed by atoms with E-state index in [2.05, 4.69) is 48.5 Å². The molecule has 0 aliphatic heterocycles. The maximum Gasteiger partial charge on any atom is 0.394 e. The van der Waals surface area contributed by atoms with Crippen LogP contribution in [-0.4, -0.2) is 17.5 Å². The summed E-state index contributed by atoms with van der Waals surface area (Å²) in [6.45, 7) is 0. The van der Waals surface area contributed by atoms with Crippen molar-refractivity contribution >= 4 is 10.4 Å². The first kappa shape index (κ1) is 19.6. The summed E-state index contributed by atoms with van der Waals surface area (Å²) in [6, 6.07) is 17.5. The highest BCUT2D eigenvalue weighted by atomic mass is 32.3. The Kier molecular flexibility index (Phi) is 6.69. The SMILES string of the molecule is NC1CCc2ccccc21.NC1CCc2ccccc21.O=S(=O)(O)O. The van der Waals surface area contributed by atoms with Crippen LogP contribution in [0.5, 0.6) is 0 Å². The Labute approximate surface area is 148 Å². The van der Waals surface area contributed by atoms with Gasteiger partial charge in [0.15, 0.2) is 0 Å². The van der Waals surface area contributed by atoms with Crippen LogP contribution >= 0.6 is 0 Å². The van der Waals surface area contributed by atoms with Gasteiger partial charge >= 0.3 is 10.4 Å². The fourth-order valence-corrected chi connectivity index (χ4v) is 3.18. The van der Waals surface area contributed by atoms with Gasteiger partial charge in [0.2, 0.25) is 0 Å². The Morgan fingerprint density at radius 2 is 1.08 bits per heavy atom. The molecule has 6 N–H and O–H groups in total. The number of fused-ring (bicyclic) bond motifs is 2. The van der Waals surface area contributed by atoms with Crippen LogP contribution in [0.4, 0.5) is 0 Å². The van der Waals surface area contributed by atoms with Crippen LogP contribution in [0.3, 0.4) is 0 Å². The molecule has 0 saturated carbocycles. The van der Waals surface area contributed by atoms with Gasteiger partial charge in [0, 0.05) is 12.1 Å². The molecule has 0 amide bonds. The van der Waals surface area contributed by atoms with Crippen molar-refractivity contribution < 1.29 is 17.5 Å². The second kappa shape index (κ2) is 8.55.